The Labute approximate surface area is 210 Å². The molecule has 1 amide bonds. The zero-order chi connectivity index (χ0) is 27.4. The zero-order valence-corrected chi connectivity index (χ0v) is 20.2. The molecule has 3 rings (SSSR count). The lowest BCUT2D eigenvalue weighted by atomic mass is 10.1. The number of amides is 1. The fourth-order valence-electron chi connectivity index (χ4n) is 2.99. The van der Waals surface area contributed by atoms with Crippen molar-refractivity contribution in [3.05, 3.63) is 59.9 Å². The number of nitrogens with zero attached hydrogens (tertiary/aromatic N) is 3. The minimum atomic E-state index is -5.08. The molecule has 0 unspecified atom stereocenters. The Balaban J connectivity index is 0.000000604. The van der Waals surface area contributed by atoms with E-state index in [1.165, 1.54) is 12.1 Å². The number of hydrogen-bond acceptors (Lipinski definition) is 7. The Bertz CT molecular complexity index is 1150. The second-order valence-electron chi connectivity index (χ2n) is 7.53. The molecule has 0 atom stereocenters. The van der Waals surface area contributed by atoms with Crippen LogP contribution >= 0.6 is 0 Å². The van der Waals surface area contributed by atoms with Gasteiger partial charge >= 0.3 is 18.2 Å². The Morgan fingerprint density at radius 1 is 1.03 bits per heavy atom. The molecule has 0 spiro atoms. The number of alkyl halides is 3. The molecule has 1 heterocycles. The van der Waals surface area contributed by atoms with Gasteiger partial charge < -0.3 is 25.1 Å². The molecule has 9 nitrogen and oxygen atoms in total. The molecule has 200 valence electrons. The number of carboxylic acids is 1. The molecule has 2 aromatic carbocycles. The van der Waals surface area contributed by atoms with Crippen molar-refractivity contribution in [2.24, 2.45) is 0 Å². The van der Waals surface area contributed by atoms with Gasteiger partial charge in [-0.15, -0.1) is 5.10 Å². The average Bonchev–Trinajstić information content (AvgIpc) is 3.33. The van der Waals surface area contributed by atoms with Crippen molar-refractivity contribution >= 4 is 23.6 Å². The number of nitrogens with one attached hydrogen (secondary N) is 2. The summed E-state index contributed by atoms with van der Waals surface area (Å²) in [5.41, 5.74) is 1.26. The molecule has 0 aliphatic heterocycles. The maximum absolute atomic E-state index is 13.7. The van der Waals surface area contributed by atoms with Crippen molar-refractivity contribution in [3.8, 4) is 11.5 Å². The molecule has 0 saturated heterocycles. The molecule has 0 fully saturated rings. The highest BCUT2D eigenvalue weighted by molar-refractivity contribution is 6.04. The van der Waals surface area contributed by atoms with Gasteiger partial charge in [0.25, 0.3) is 5.91 Å². The lowest BCUT2D eigenvalue weighted by Gasteiger charge is -2.17. The predicted octanol–water partition coefficient (Wildman–Crippen LogP) is 4.91. The van der Waals surface area contributed by atoms with E-state index in [0.717, 1.165) is 38.2 Å². The topological polar surface area (TPSA) is 121 Å². The van der Waals surface area contributed by atoms with Crippen molar-refractivity contribution in [1.82, 2.24) is 15.1 Å². The van der Waals surface area contributed by atoms with Crippen molar-refractivity contribution in [2.75, 3.05) is 36.8 Å². The van der Waals surface area contributed by atoms with Crippen LogP contribution in [0.2, 0.25) is 0 Å². The summed E-state index contributed by atoms with van der Waals surface area (Å²) in [6.07, 6.45) is -4.10. The third-order valence-corrected chi connectivity index (χ3v) is 5.00. The highest BCUT2D eigenvalue weighted by atomic mass is 19.4. The lowest BCUT2D eigenvalue weighted by Crippen LogP contribution is -2.25. The van der Waals surface area contributed by atoms with Crippen LogP contribution in [0.15, 0.2) is 52.9 Å². The summed E-state index contributed by atoms with van der Waals surface area (Å²) >= 11 is 0. The number of carbonyl (C=O) groups excluding carboxylic acids is 1. The number of carboxylic acid groups (broad SMARTS) is 1. The van der Waals surface area contributed by atoms with E-state index in [-0.39, 0.29) is 5.56 Å². The summed E-state index contributed by atoms with van der Waals surface area (Å²) < 4.78 is 51.1. The van der Waals surface area contributed by atoms with Crippen molar-refractivity contribution in [1.29, 1.82) is 0 Å². The normalized spacial score (nSPS) is 11.0. The molecule has 13 heteroatoms. The lowest BCUT2D eigenvalue weighted by molar-refractivity contribution is -0.192. The van der Waals surface area contributed by atoms with Crippen molar-refractivity contribution < 1.29 is 36.7 Å². The first kappa shape index (κ1) is 29.2. The second-order valence-corrected chi connectivity index (χ2v) is 7.53. The van der Waals surface area contributed by atoms with Crippen LogP contribution in [0.25, 0.3) is 11.5 Å². The smallest absolute Gasteiger partial charge is 0.475 e. The number of halogens is 4. The van der Waals surface area contributed by atoms with Gasteiger partial charge in [0.1, 0.15) is 5.82 Å². The Hall–Kier alpha value is -4.00. The summed E-state index contributed by atoms with van der Waals surface area (Å²) in [4.78, 5) is 23.4. The van der Waals surface area contributed by atoms with E-state index in [4.69, 9.17) is 14.3 Å². The molecule has 3 aromatic rings. The highest BCUT2D eigenvalue weighted by Gasteiger charge is 2.38. The summed E-state index contributed by atoms with van der Waals surface area (Å²) in [6.45, 7) is 8.14. The summed E-state index contributed by atoms with van der Waals surface area (Å²) in [7, 11) is 0. The van der Waals surface area contributed by atoms with Crippen LogP contribution in [0.3, 0.4) is 0 Å². The Morgan fingerprint density at radius 2 is 1.65 bits per heavy atom. The summed E-state index contributed by atoms with van der Waals surface area (Å²) in [5.74, 6) is -3.44. The van der Waals surface area contributed by atoms with Gasteiger partial charge in [-0.05, 0) is 62.5 Å². The van der Waals surface area contributed by atoms with E-state index >= 15 is 0 Å². The Kier molecular flexibility index (Phi) is 11.0. The van der Waals surface area contributed by atoms with E-state index in [9.17, 15) is 22.4 Å². The molecular weight excluding hydrogens is 498 g/mol. The first-order valence-corrected chi connectivity index (χ1v) is 11.3. The largest absolute Gasteiger partial charge is 0.490 e. The first-order chi connectivity index (χ1) is 17.5. The fourth-order valence-corrected chi connectivity index (χ4v) is 2.99. The molecule has 3 N–H and O–H groups in total. The quantitative estimate of drug-likeness (QED) is 0.252. The molecule has 0 saturated carbocycles. The standard InChI is InChI=1S/C22H26FN5O2.C2HF3O2/c1-3-28(4-2)15-7-14-24-22-27-26-21(30-22)16-10-12-17(13-11-16)25-20(29)18-8-5-6-9-19(18)23;3-2(4,5)1(6)7/h5-6,8-13H,3-4,7,14-15H2,1-2H3,(H,24,27)(H,25,29);(H,6,7). The molecule has 1 aromatic heterocycles. The predicted molar refractivity (Wildman–Crippen MR) is 129 cm³/mol. The van der Waals surface area contributed by atoms with E-state index in [0.29, 0.717) is 17.6 Å². The average molecular weight is 526 g/mol. The number of carbonyl (C=O) groups is 2. The molecule has 0 aliphatic rings. The highest BCUT2D eigenvalue weighted by Crippen LogP contribution is 2.22. The van der Waals surface area contributed by atoms with Crippen LogP contribution in [0.5, 0.6) is 0 Å². The monoisotopic (exact) mass is 525 g/mol. The minimum absolute atomic E-state index is 0.00446. The SMILES string of the molecule is CCN(CC)CCCNc1nnc(-c2ccc(NC(=O)c3ccccc3F)cc2)o1.O=C(O)C(F)(F)F. The minimum Gasteiger partial charge on any atom is -0.475 e. The third kappa shape index (κ3) is 9.52. The molecule has 0 radical (unpaired) electrons. The summed E-state index contributed by atoms with van der Waals surface area (Å²) in [5, 5.41) is 21.0. The molecular formula is C24H27F4N5O4. The van der Waals surface area contributed by atoms with Crippen LogP contribution in [0.4, 0.5) is 29.3 Å². The molecule has 0 aliphatic carbocycles. The number of anilines is 2. The van der Waals surface area contributed by atoms with Gasteiger partial charge in [0.05, 0.1) is 5.56 Å². The van der Waals surface area contributed by atoms with Gasteiger partial charge in [0.15, 0.2) is 0 Å². The van der Waals surface area contributed by atoms with Gasteiger partial charge in [-0.2, -0.15) is 13.2 Å². The van der Waals surface area contributed by atoms with Crippen LogP contribution in [-0.4, -0.2) is 64.4 Å². The first-order valence-electron chi connectivity index (χ1n) is 11.3. The van der Waals surface area contributed by atoms with E-state index < -0.39 is 23.9 Å². The number of aromatic nitrogens is 2. The number of hydrogen-bond donors (Lipinski definition) is 3. The van der Waals surface area contributed by atoms with Crippen LogP contribution in [-0.2, 0) is 4.79 Å². The van der Waals surface area contributed by atoms with Crippen molar-refractivity contribution in [2.45, 2.75) is 26.4 Å². The van der Waals surface area contributed by atoms with E-state index in [1.54, 1.807) is 36.4 Å². The Morgan fingerprint density at radius 3 is 2.22 bits per heavy atom. The van der Waals surface area contributed by atoms with E-state index in [2.05, 4.69) is 39.6 Å². The third-order valence-electron chi connectivity index (χ3n) is 5.00. The summed E-state index contributed by atoms with van der Waals surface area (Å²) in [6, 6.07) is 13.2. The number of aliphatic carboxylic acids is 1. The maximum atomic E-state index is 13.7. The van der Waals surface area contributed by atoms with Gasteiger partial charge in [0.2, 0.25) is 5.89 Å². The van der Waals surface area contributed by atoms with Gasteiger partial charge in [0, 0.05) is 17.8 Å². The fraction of sp³-hybridized carbons (Fsp3) is 0.333. The van der Waals surface area contributed by atoms with Crippen LogP contribution in [0, 0.1) is 5.82 Å². The second kappa shape index (κ2) is 13.9. The molecule has 37 heavy (non-hydrogen) atoms. The number of rotatable bonds is 10. The van der Waals surface area contributed by atoms with Gasteiger partial charge in [-0.3, -0.25) is 4.79 Å². The van der Waals surface area contributed by atoms with Crippen LogP contribution in [0.1, 0.15) is 30.6 Å². The van der Waals surface area contributed by atoms with Crippen LogP contribution < -0.4 is 10.6 Å². The van der Waals surface area contributed by atoms with Gasteiger partial charge in [-0.1, -0.05) is 31.1 Å². The van der Waals surface area contributed by atoms with Gasteiger partial charge in [-0.25, -0.2) is 9.18 Å². The van der Waals surface area contributed by atoms with E-state index in [1.807, 2.05) is 0 Å². The molecule has 0 bridgehead atoms. The zero-order valence-electron chi connectivity index (χ0n) is 20.2. The van der Waals surface area contributed by atoms with Crippen molar-refractivity contribution in [3.63, 3.8) is 0 Å². The number of benzene rings is 2. The maximum Gasteiger partial charge on any atom is 0.490 e.